The van der Waals surface area contributed by atoms with E-state index in [0.717, 1.165) is 17.5 Å². The number of nitriles is 1. The molecule has 0 fully saturated rings. The third-order valence-corrected chi connectivity index (χ3v) is 4.84. The van der Waals surface area contributed by atoms with Gasteiger partial charge in [-0.15, -0.1) is 0 Å². The van der Waals surface area contributed by atoms with Crippen LogP contribution in [0.4, 0.5) is 5.69 Å². The molecule has 0 amide bonds. The second-order valence-corrected chi connectivity index (χ2v) is 8.49. The van der Waals surface area contributed by atoms with E-state index in [4.69, 9.17) is 10.5 Å². The van der Waals surface area contributed by atoms with Crippen LogP contribution in [-0.4, -0.2) is 14.7 Å². The minimum atomic E-state index is -3.22. The molecule has 2 aromatic rings. The zero-order valence-electron chi connectivity index (χ0n) is 14.6. The number of sulfone groups is 1. The molecule has 0 radical (unpaired) electrons. The van der Waals surface area contributed by atoms with Crippen molar-refractivity contribution in [1.29, 1.82) is 5.26 Å². The molecule has 0 unspecified atom stereocenters. The molecule has 0 spiro atoms. The summed E-state index contributed by atoms with van der Waals surface area (Å²) in [6, 6.07) is 12.3. The standard InChI is InChI=1S/C19H22N2O3S/c1-13(2)8-15-9-16(11-20)19(21)18(10-15)24-12-14-4-6-17(7-5-14)25(3,22)23/h4-7,9-10,13H,8,12,21H2,1-3H3. The highest BCUT2D eigenvalue weighted by molar-refractivity contribution is 7.90. The minimum Gasteiger partial charge on any atom is -0.487 e. The summed E-state index contributed by atoms with van der Waals surface area (Å²) in [5.41, 5.74) is 8.56. The molecule has 25 heavy (non-hydrogen) atoms. The van der Waals surface area contributed by atoms with E-state index in [1.807, 2.05) is 6.07 Å². The van der Waals surface area contributed by atoms with Crippen molar-refractivity contribution >= 4 is 15.5 Å². The topological polar surface area (TPSA) is 93.2 Å². The molecule has 0 atom stereocenters. The van der Waals surface area contributed by atoms with Crippen LogP contribution in [0.1, 0.15) is 30.5 Å². The second-order valence-electron chi connectivity index (χ2n) is 6.47. The summed E-state index contributed by atoms with van der Waals surface area (Å²) >= 11 is 0. The molecule has 2 N–H and O–H groups in total. The second kappa shape index (κ2) is 7.58. The SMILES string of the molecule is CC(C)Cc1cc(C#N)c(N)c(OCc2ccc(S(C)(=O)=O)cc2)c1. The van der Waals surface area contributed by atoms with Gasteiger partial charge in [-0.3, -0.25) is 0 Å². The molecule has 0 aromatic heterocycles. The molecule has 132 valence electrons. The van der Waals surface area contributed by atoms with Crippen molar-refractivity contribution in [2.75, 3.05) is 12.0 Å². The number of hydrogen-bond donors (Lipinski definition) is 1. The molecule has 5 nitrogen and oxygen atoms in total. The Morgan fingerprint density at radius 1 is 1.16 bits per heavy atom. The van der Waals surface area contributed by atoms with Gasteiger partial charge in [-0.2, -0.15) is 5.26 Å². The van der Waals surface area contributed by atoms with Gasteiger partial charge in [0.1, 0.15) is 18.4 Å². The van der Waals surface area contributed by atoms with Gasteiger partial charge in [0.2, 0.25) is 0 Å². The Bertz CT molecular complexity index is 896. The van der Waals surface area contributed by atoms with Crippen molar-refractivity contribution in [3.8, 4) is 11.8 Å². The smallest absolute Gasteiger partial charge is 0.175 e. The van der Waals surface area contributed by atoms with Crippen LogP contribution >= 0.6 is 0 Å². The molecule has 0 aliphatic rings. The first-order chi connectivity index (χ1) is 11.7. The average Bonchev–Trinajstić information content (AvgIpc) is 2.54. The maximum atomic E-state index is 11.5. The number of ether oxygens (including phenoxy) is 1. The van der Waals surface area contributed by atoms with Gasteiger partial charge in [0.15, 0.2) is 9.84 Å². The van der Waals surface area contributed by atoms with Gasteiger partial charge in [-0.05, 0) is 47.7 Å². The lowest BCUT2D eigenvalue weighted by Crippen LogP contribution is -2.04. The van der Waals surface area contributed by atoms with Gasteiger partial charge in [-0.1, -0.05) is 26.0 Å². The average molecular weight is 358 g/mol. The molecule has 2 aromatic carbocycles. The van der Waals surface area contributed by atoms with E-state index in [2.05, 4.69) is 19.9 Å². The molecule has 0 heterocycles. The fourth-order valence-electron chi connectivity index (χ4n) is 2.48. The Labute approximate surface area is 149 Å². The number of rotatable bonds is 6. The van der Waals surface area contributed by atoms with Crippen LogP contribution in [0.15, 0.2) is 41.3 Å². The molecule has 0 aliphatic heterocycles. The first-order valence-corrected chi connectivity index (χ1v) is 9.84. The number of hydrogen-bond acceptors (Lipinski definition) is 5. The molecule has 0 saturated carbocycles. The van der Waals surface area contributed by atoms with Gasteiger partial charge in [0, 0.05) is 6.26 Å². The normalized spacial score (nSPS) is 11.3. The monoisotopic (exact) mass is 358 g/mol. The van der Waals surface area contributed by atoms with Gasteiger partial charge < -0.3 is 10.5 Å². The lowest BCUT2D eigenvalue weighted by Gasteiger charge is -2.13. The zero-order chi connectivity index (χ0) is 18.6. The minimum absolute atomic E-state index is 0.240. The van der Waals surface area contributed by atoms with E-state index in [1.54, 1.807) is 30.3 Å². The van der Waals surface area contributed by atoms with Crippen LogP contribution in [0.2, 0.25) is 0 Å². The van der Waals surface area contributed by atoms with Crippen LogP contribution < -0.4 is 10.5 Å². The number of anilines is 1. The maximum Gasteiger partial charge on any atom is 0.175 e. The molecule has 6 heteroatoms. The highest BCUT2D eigenvalue weighted by Gasteiger charge is 2.11. The summed E-state index contributed by atoms with van der Waals surface area (Å²) in [6.45, 7) is 4.45. The molecule has 0 bridgehead atoms. The molecule has 0 aliphatic carbocycles. The first-order valence-electron chi connectivity index (χ1n) is 7.95. The number of nitrogen functional groups attached to an aromatic ring is 1. The van der Waals surface area contributed by atoms with Gasteiger partial charge >= 0.3 is 0 Å². The lowest BCUT2D eigenvalue weighted by atomic mass is 10.00. The number of benzene rings is 2. The number of nitrogens with zero attached hydrogens (tertiary/aromatic N) is 1. The number of nitrogens with two attached hydrogens (primary N) is 1. The molecule has 2 rings (SSSR count). The van der Waals surface area contributed by atoms with Crippen molar-refractivity contribution in [3.63, 3.8) is 0 Å². The van der Waals surface area contributed by atoms with Crippen LogP contribution in [0.25, 0.3) is 0 Å². The summed E-state index contributed by atoms with van der Waals surface area (Å²) in [7, 11) is -3.22. The summed E-state index contributed by atoms with van der Waals surface area (Å²) in [4.78, 5) is 0.265. The van der Waals surface area contributed by atoms with E-state index in [1.165, 1.54) is 6.26 Å². The summed E-state index contributed by atoms with van der Waals surface area (Å²) in [5.74, 6) is 0.924. The highest BCUT2D eigenvalue weighted by Crippen LogP contribution is 2.29. The lowest BCUT2D eigenvalue weighted by molar-refractivity contribution is 0.307. The van der Waals surface area contributed by atoms with E-state index in [-0.39, 0.29) is 11.5 Å². The van der Waals surface area contributed by atoms with Gasteiger partial charge in [-0.25, -0.2) is 8.42 Å². The Morgan fingerprint density at radius 3 is 2.32 bits per heavy atom. The van der Waals surface area contributed by atoms with Crippen molar-refractivity contribution in [2.24, 2.45) is 5.92 Å². The van der Waals surface area contributed by atoms with Crippen molar-refractivity contribution in [2.45, 2.75) is 31.8 Å². The van der Waals surface area contributed by atoms with Crippen molar-refractivity contribution in [1.82, 2.24) is 0 Å². The fourth-order valence-corrected chi connectivity index (χ4v) is 3.11. The Morgan fingerprint density at radius 2 is 1.80 bits per heavy atom. The van der Waals surface area contributed by atoms with Crippen LogP contribution in [0, 0.1) is 17.2 Å². The predicted molar refractivity (Wildman–Crippen MR) is 98.0 cm³/mol. The first kappa shape index (κ1) is 18.8. The Kier molecular flexibility index (Phi) is 5.70. The molecular formula is C19H22N2O3S. The summed E-state index contributed by atoms with van der Waals surface area (Å²) in [5, 5.41) is 9.25. The van der Waals surface area contributed by atoms with E-state index < -0.39 is 9.84 Å². The van der Waals surface area contributed by atoms with Gasteiger partial charge in [0.25, 0.3) is 0 Å². The van der Waals surface area contributed by atoms with Crippen molar-refractivity contribution < 1.29 is 13.2 Å². The third-order valence-electron chi connectivity index (χ3n) is 3.71. The predicted octanol–water partition coefficient (Wildman–Crippen LogP) is 3.32. The Balaban J connectivity index is 2.21. The fraction of sp³-hybridized carbons (Fsp3) is 0.316. The molecule has 0 saturated heterocycles. The quantitative estimate of drug-likeness (QED) is 0.800. The summed E-state index contributed by atoms with van der Waals surface area (Å²) < 4.78 is 28.8. The van der Waals surface area contributed by atoms with E-state index in [9.17, 15) is 13.7 Å². The van der Waals surface area contributed by atoms with Gasteiger partial charge in [0.05, 0.1) is 16.1 Å². The highest BCUT2D eigenvalue weighted by atomic mass is 32.2. The van der Waals surface area contributed by atoms with Crippen molar-refractivity contribution in [3.05, 3.63) is 53.1 Å². The zero-order valence-corrected chi connectivity index (χ0v) is 15.4. The van der Waals surface area contributed by atoms with E-state index in [0.29, 0.717) is 22.9 Å². The van der Waals surface area contributed by atoms with Crippen LogP contribution in [-0.2, 0) is 22.9 Å². The summed E-state index contributed by atoms with van der Waals surface area (Å²) in [6.07, 6.45) is 2.00. The Hall–Kier alpha value is -2.52. The third kappa shape index (κ3) is 4.97. The van der Waals surface area contributed by atoms with Crippen LogP contribution in [0.5, 0.6) is 5.75 Å². The van der Waals surface area contributed by atoms with E-state index >= 15 is 0 Å². The molecular weight excluding hydrogens is 336 g/mol. The van der Waals surface area contributed by atoms with Crippen LogP contribution in [0.3, 0.4) is 0 Å². The largest absolute Gasteiger partial charge is 0.487 e. The maximum absolute atomic E-state index is 11.5.